The third kappa shape index (κ3) is 2.09. The molecule has 2 aromatic rings. The average Bonchev–Trinajstić information content (AvgIpc) is 2.78. The van der Waals surface area contributed by atoms with Gasteiger partial charge in [-0.05, 0) is 29.2 Å². The second-order valence-electron chi connectivity index (χ2n) is 3.10. The predicted molar refractivity (Wildman–Crippen MR) is 55.0 cm³/mol. The minimum atomic E-state index is -1.04. The van der Waals surface area contributed by atoms with Crippen LogP contribution in [0.1, 0.15) is 10.4 Å². The van der Waals surface area contributed by atoms with E-state index in [1.54, 1.807) is 0 Å². The molecule has 0 fully saturated rings. The number of carboxylic acid groups (broad SMARTS) is 1. The summed E-state index contributed by atoms with van der Waals surface area (Å²) in [4.78, 5) is 23.8. The van der Waals surface area contributed by atoms with E-state index in [4.69, 9.17) is 5.11 Å². The smallest absolute Gasteiger partial charge is 0.478 e. The minimum absolute atomic E-state index is 0.128. The molecule has 8 heteroatoms. The van der Waals surface area contributed by atoms with Crippen LogP contribution in [0.5, 0.6) is 0 Å². The van der Waals surface area contributed by atoms with Gasteiger partial charge in [0.25, 0.3) is 0 Å². The minimum Gasteiger partial charge on any atom is -0.478 e. The SMILES string of the molecule is O=C(O)c1ccc(-n2cnc([N+](=O)[O-])n2)cc1. The number of nitro groups is 1. The Kier molecular flexibility index (Phi) is 2.53. The first-order valence-corrected chi connectivity index (χ1v) is 4.48. The molecule has 1 aromatic carbocycles. The molecule has 0 aliphatic rings. The van der Waals surface area contributed by atoms with Gasteiger partial charge in [0.05, 0.1) is 11.3 Å². The molecule has 0 atom stereocenters. The summed E-state index contributed by atoms with van der Waals surface area (Å²) in [6.45, 7) is 0. The van der Waals surface area contributed by atoms with Crippen molar-refractivity contribution in [3.8, 4) is 5.69 Å². The van der Waals surface area contributed by atoms with Gasteiger partial charge in [-0.25, -0.2) is 4.79 Å². The molecule has 1 aromatic heterocycles. The third-order valence-electron chi connectivity index (χ3n) is 2.02. The van der Waals surface area contributed by atoms with Crippen molar-refractivity contribution in [3.63, 3.8) is 0 Å². The number of nitrogens with zero attached hydrogens (tertiary/aromatic N) is 4. The van der Waals surface area contributed by atoms with E-state index < -0.39 is 16.8 Å². The summed E-state index contributed by atoms with van der Waals surface area (Å²) in [6.07, 6.45) is 1.19. The highest BCUT2D eigenvalue weighted by Gasteiger charge is 2.14. The molecule has 17 heavy (non-hydrogen) atoms. The van der Waals surface area contributed by atoms with E-state index in [9.17, 15) is 14.9 Å². The Bertz CT molecular complexity index is 575. The summed E-state index contributed by atoms with van der Waals surface area (Å²) in [5.74, 6) is -1.55. The quantitative estimate of drug-likeness (QED) is 0.623. The fraction of sp³-hybridized carbons (Fsp3) is 0. The predicted octanol–water partition coefficient (Wildman–Crippen LogP) is 0.874. The number of aromatic nitrogens is 3. The van der Waals surface area contributed by atoms with Crippen LogP contribution in [0.3, 0.4) is 0 Å². The number of carboxylic acids is 1. The maximum absolute atomic E-state index is 10.6. The lowest BCUT2D eigenvalue weighted by Crippen LogP contribution is -1.99. The molecular weight excluding hydrogens is 228 g/mol. The maximum Gasteiger partial charge on any atom is 0.491 e. The lowest BCUT2D eigenvalue weighted by Gasteiger charge is -1.97. The first kappa shape index (κ1) is 10.7. The second kappa shape index (κ2) is 4.00. The van der Waals surface area contributed by atoms with Crippen molar-refractivity contribution in [2.75, 3.05) is 0 Å². The largest absolute Gasteiger partial charge is 0.491 e. The summed E-state index contributed by atoms with van der Waals surface area (Å²) in [5, 5.41) is 22.7. The molecule has 0 amide bonds. The van der Waals surface area contributed by atoms with E-state index in [2.05, 4.69) is 10.1 Å². The van der Waals surface area contributed by atoms with Gasteiger partial charge in [-0.2, -0.15) is 0 Å². The highest BCUT2D eigenvalue weighted by atomic mass is 16.6. The molecular formula is C9H6N4O4. The number of benzene rings is 1. The van der Waals surface area contributed by atoms with Crippen molar-refractivity contribution in [1.29, 1.82) is 0 Å². The standard InChI is InChI=1S/C9H6N4O4/c14-8(15)6-1-3-7(4-2-6)12-5-10-9(11-12)13(16)17/h1-5H,(H,14,15). The van der Waals surface area contributed by atoms with E-state index in [1.807, 2.05) is 0 Å². The highest BCUT2D eigenvalue weighted by Crippen LogP contribution is 2.10. The van der Waals surface area contributed by atoms with Crippen LogP contribution in [0.4, 0.5) is 5.95 Å². The molecule has 0 aliphatic carbocycles. The van der Waals surface area contributed by atoms with Crippen LogP contribution >= 0.6 is 0 Å². The summed E-state index contributed by atoms with van der Waals surface area (Å²) < 4.78 is 1.20. The van der Waals surface area contributed by atoms with Crippen LogP contribution in [0.2, 0.25) is 0 Å². The van der Waals surface area contributed by atoms with Gasteiger partial charge in [0.1, 0.15) is 0 Å². The molecule has 0 bridgehead atoms. The number of hydrogen-bond donors (Lipinski definition) is 1. The summed E-state index contributed by atoms with van der Waals surface area (Å²) >= 11 is 0. The van der Waals surface area contributed by atoms with Crippen molar-refractivity contribution in [1.82, 2.24) is 14.8 Å². The number of rotatable bonds is 3. The highest BCUT2D eigenvalue weighted by molar-refractivity contribution is 5.87. The first-order chi connectivity index (χ1) is 8.08. The van der Waals surface area contributed by atoms with Crippen molar-refractivity contribution >= 4 is 11.9 Å². The Morgan fingerprint density at radius 3 is 2.47 bits per heavy atom. The van der Waals surface area contributed by atoms with Gasteiger partial charge >= 0.3 is 11.9 Å². The van der Waals surface area contributed by atoms with Crippen molar-refractivity contribution in [2.45, 2.75) is 0 Å². The molecule has 1 heterocycles. The van der Waals surface area contributed by atoms with Crippen molar-refractivity contribution < 1.29 is 14.8 Å². The number of aromatic carboxylic acids is 1. The van der Waals surface area contributed by atoms with Crippen LogP contribution in [0.25, 0.3) is 5.69 Å². The Balaban J connectivity index is 2.33. The van der Waals surface area contributed by atoms with Gasteiger partial charge in [0.2, 0.25) is 6.33 Å². The zero-order valence-corrected chi connectivity index (χ0v) is 8.35. The monoisotopic (exact) mass is 234 g/mol. The Hall–Kier alpha value is -2.77. The number of hydrogen-bond acceptors (Lipinski definition) is 5. The van der Waals surface area contributed by atoms with Gasteiger partial charge in [0, 0.05) is 5.10 Å². The van der Waals surface area contributed by atoms with Crippen molar-refractivity contribution in [2.24, 2.45) is 0 Å². The Morgan fingerprint density at radius 2 is 2.00 bits per heavy atom. The molecule has 86 valence electrons. The summed E-state index contributed by atoms with van der Waals surface area (Å²) in [7, 11) is 0. The van der Waals surface area contributed by atoms with E-state index in [-0.39, 0.29) is 5.56 Å². The zero-order valence-electron chi connectivity index (χ0n) is 8.35. The normalized spacial score (nSPS) is 10.1. The van der Waals surface area contributed by atoms with Crippen LogP contribution in [0.15, 0.2) is 30.6 Å². The van der Waals surface area contributed by atoms with Gasteiger partial charge in [-0.3, -0.25) is 0 Å². The van der Waals surface area contributed by atoms with E-state index >= 15 is 0 Å². The lowest BCUT2D eigenvalue weighted by atomic mass is 10.2. The fourth-order valence-corrected chi connectivity index (χ4v) is 1.22. The molecule has 0 unspecified atom stereocenters. The van der Waals surface area contributed by atoms with E-state index in [0.29, 0.717) is 5.69 Å². The average molecular weight is 234 g/mol. The molecule has 0 spiro atoms. The molecule has 8 nitrogen and oxygen atoms in total. The Labute approximate surface area is 94.3 Å². The van der Waals surface area contributed by atoms with E-state index in [1.165, 1.54) is 35.3 Å². The zero-order chi connectivity index (χ0) is 12.4. The molecule has 0 radical (unpaired) electrons. The Morgan fingerprint density at radius 1 is 1.35 bits per heavy atom. The second-order valence-corrected chi connectivity index (χ2v) is 3.10. The van der Waals surface area contributed by atoms with Crippen LogP contribution in [-0.2, 0) is 0 Å². The third-order valence-corrected chi connectivity index (χ3v) is 2.02. The topological polar surface area (TPSA) is 111 Å². The fourth-order valence-electron chi connectivity index (χ4n) is 1.22. The molecule has 0 saturated carbocycles. The first-order valence-electron chi connectivity index (χ1n) is 4.48. The van der Waals surface area contributed by atoms with Gasteiger partial charge < -0.3 is 15.2 Å². The van der Waals surface area contributed by atoms with Gasteiger partial charge in [0.15, 0.2) is 0 Å². The maximum atomic E-state index is 10.6. The molecule has 0 saturated heterocycles. The van der Waals surface area contributed by atoms with E-state index in [0.717, 1.165) is 0 Å². The van der Waals surface area contributed by atoms with Crippen LogP contribution in [-0.4, -0.2) is 30.8 Å². The van der Waals surface area contributed by atoms with Gasteiger partial charge in [-0.15, -0.1) is 4.68 Å². The molecule has 1 N–H and O–H groups in total. The molecule has 0 aliphatic heterocycles. The number of carbonyl (C=O) groups is 1. The van der Waals surface area contributed by atoms with Gasteiger partial charge in [-0.1, -0.05) is 4.98 Å². The van der Waals surface area contributed by atoms with Crippen molar-refractivity contribution in [3.05, 3.63) is 46.3 Å². The summed E-state index contributed by atoms with van der Waals surface area (Å²) in [5.41, 5.74) is 0.624. The van der Waals surface area contributed by atoms with Crippen LogP contribution in [0, 0.1) is 10.1 Å². The van der Waals surface area contributed by atoms with Crippen LogP contribution < -0.4 is 0 Å². The summed E-state index contributed by atoms with van der Waals surface area (Å²) in [6, 6.07) is 5.74. The lowest BCUT2D eigenvalue weighted by molar-refractivity contribution is -0.394. The molecule has 2 rings (SSSR count).